The fraction of sp³-hybridized carbons (Fsp3) is 0.647. The first-order valence-electron chi connectivity index (χ1n) is 7.75. The van der Waals surface area contributed by atoms with Crippen molar-refractivity contribution in [2.45, 2.75) is 38.5 Å². The number of likely N-dealkylation sites (tertiary alicyclic amines) is 1. The maximum Gasteiger partial charge on any atom is 0.123 e. The van der Waals surface area contributed by atoms with Crippen molar-refractivity contribution in [3.05, 3.63) is 29.3 Å². The first-order chi connectivity index (χ1) is 10.0. The number of hydrogen-bond acceptors (Lipinski definition) is 4. The summed E-state index contributed by atoms with van der Waals surface area (Å²) in [6, 6.07) is 6.59. The number of ether oxygens (including phenoxy) is 1. The number of methoxy groups -OCH3 is 1. The van der Waals surface area contributed by atoms with Gasteiger partial charge < -0.3 is 19.6 Å². The molecule has 0 bridgehead atoms. The Balaban J connectivity index is 2.04. The fourth-order valence-electron chi connectivity index (χ4n) is 3.11. The van der Waals surface area contributed by atoms with Crippen molar-refractivity contribution in [1.82, 2.24) is 9.80 Å². The van der Waals surface area contributed by atoms with E-state index in [9.17, 15) is 5.11 Å². The molecular formula is C17H28N2O2. The number of likely N-dealkylation sites (N-methyl/N-ethyl adjacent to an activating group) is 2. The molecule has 2 atom stereocenters. The molecule has 0 amide bonds. The minimum absolute atomic E-state index is 0.444. The Bertz CT molecular complexity index is 462. The third-order valence-corrected chi connectivity index (χ3v) is 4.42. The van der Waals surface area contributed by atoms with Crippen LogP contribution in [0.3, 0.4) is 0 Å². The summed E-state index contributed by atoms with van der Waals surface area (Å²) in [5.41, 5.74) is 2.08. The van der Waals surface area contributed by atoms with Crippen LogP contribution in [0.1, 0.15) is 37.0 Å². The summed E-state index contributed by atoms with van der Waals surface area (Å²) in [5.74, 6) is 0.894. The largest absolute Gasteiger partial charge is 0.496 e. The molecule has 2 unspecified atom stereocenters. The van der Waals surface area contributed by atoms with E-state index in [0.717, 1.165) is 30.0 Å². The second-order valence-electron chi connectivity index (χ2n) is 6.22. The first kappa shape index (κ1) is 16.3. The van der Waals surface area contributed by atoms with Gasteiger partial charge in [0.25, 0.3) is 0 Å². The standard InChI is InChI=1S/C17H28N2O2/c1-13(20)14-7-8-17(21-4)15(10-14)11-18(2)12-16-6-5-9-19(16)3/h7-8,10,13,16,20H,5-6,9,11-12H2,1-4H3. The molecule has 1 fully saturated rings. The van der Waals surface area contributed by atoms with Gasteiger partial charge in [-0.1, -0.05) is 6.07 Å². The van der Waals surface area contributed by atoms with E-state index in [1.807, 2.05) is 12.1 Å². The van der Waals surface area contributed by atoms with Crippen molar-refractivity contribution in [1.29, 1.82) is 0 Å². The number of hydrogen-bond donors (Lipinski definition) is 1. The minimum atomic E-state index is -0.444. The highest BCUT2D eigenvalue weighted by molar-refractivity contribution is 5.38. The van der Waals surface area contributed by atoms with Gasteiger partial charge >= 0.3 is 0 Å². The van der Waals surface area contributed by atoms with E-state index in [0.29, 0.717) is 6.04 Å². The summed E-state index contributed by atoms with van der Waals surface area (Å²) in [6.45, 7) is 4.91. The maximum absolute atomic E-state index is 9.75. The summed E-state index contributed by atoms with van der Waals surface area (Å²) in [7, 11) is 6.06. The molecule has 0 spiro atoms. The lowest BCUT2D eigenvalue weighted by atomic mass is 10.1. The summed E-state index contributed by atoms with van der Waals surface area (Å²) >= 11 is 0. The van der Waals surface area contributed by atoms with Gasteiger partial charge in [0, 0.05) is 24.7 Å². The van der Waals surface area contributed by atoms with Crippen molar-refractivity contribution < 1.29 is 9.84 Å². The highest BCUT2D eigenvalue weighted by Crippen LogP contribution is 2.25. The van der Waals surface area contributed by atoms with E-state index in [4.69, 9.17) is 4.74 Å². The summed E-state index contributed by atoms with van der Waals surface area (Å²) < 4.78 is 5.45. The number of aliphatic hydroxyl groups is 1. The SMILES string of the molecule is COc1ccc(C(C)O)cc1CN(C)CC1CCCN1C. The van der Waals surface area contributed by atoms with Crippen LogP contribution in [0, 0.1) is 0 Å². The normalized spacial score (nSPS) is 21.0. The topological polar surface area (TPSA) is 35.9 Å². The van der Waals surface area contributed by atoms with Gasteiger partial charge in [-0.15, -0.1) is 0 Å². The highest BCUT2D eigenvalue weighted by atomic mass is 16.5. The molecule has 1 aromatic carbocycles. The Morgan fingerprint density at radius 2 is 2.24 bits per heavy atom. The van der Waals surface area contributed by atoms with Gasteiger partial charge in [-0.05, 0) is 58.1 Å². The molecule has 118 valence electrons. The minimum Gasteiger partial charge on any atom is -0.496 e. The van der Waals surface area contributed by atoms with E-state index in [1.165, 1.54) is 19.4 Å². The Hall–Kier alpha value is -1.10. The van der Waals surface area contributed by atoms with Gasteiger partial charge in [0.1, 0.15) is 5.75 Å². The van der Waals surface area contributed by atoms with Gasteiger partial charge in [-0.2, -0.15) is 0 Å². The third kappa shape index (κ3) is 4.19. The van der Waals surface area contributed by atoms with Crippen LogP contribution < -0.4 is 4.74 Å². The number of nitrogens with zero attached hydrogens (tertiary/aromatic N) is 2. The second-order valence-corrected chi connectivity index (χ2v) is 6.22. The van der Waals surface area contributed by atoms with Crippen LogP contribution in [0.15, 0.2) is 18.2 Å². The zero-order valence-electron chi connectivity index (χ0n) is 13.7. The average Bonchev–Trinajstić information content (AvgIpc) is 2.84. The first-order valence-corrected chi connectivity index (χ1v) is 7.75. The van der Waals surface area contributed by atoms with Crippen LogP contribution in [0.4, 0.5) is 0 Å². The molecule has 1 aliphatic rings. The summed E-state index contributed by atoms with van der Waals surface area (Å²) in [6.07, 6.45) is 2.14. The summed E-state index contributed by atoms with van der Waals surface area (Å²) in [4.78, 5) is 4.79. The summed E-state index contributed by atoms with van der Waals surface area (Å²) in [5, 5.41) is 9.75. The molecule has 1 aliphatic heterocycles. The van der Waals surface area contributed by atoms with Crippen LogP contribution >= 0.6 is 0 Å². The second kappa shape index (κ2) is 7.25. The van der Waals surface area contributed by atoms with E-state index in [1.54, 1.807) is 14.0 Å². The van der Waals surface area contributed by atoms with Crippen LogP contribution in [0.5, 0.6) is 5.75 Å². The van der Waals surface area contributed by atoms with Crippen molar-refractivity contribution >= 4 is 0 Å². The maximum atomic E-state index is 9.75. The van der Waals surface area contributed by atoms with Crippen molar-refractivity contribution in [2.24, 2.45) is 0 Å². The van der Waals surface area contributed by atoms with Gasteiger partial charge in [0.05, 0.1) is 13.2 Å². The Morgan fingerprint density at radius 3 is 2.81 bits per heavy atom. The Labute approximate surface area is 128 Å². The molecule has 0 saturated carbocycles. The number of aliphatic hydroxyl groups excluding tert-OH is 1. The van der Waals surface area contributed by atoms with Gasteiger partial charge in [-0.3, -0.25) is 0 Å². The molecule has 1 heterocycles. The van der Waals surface area contributed by atoms with E-state index >= 15 is 0 Å². The van der Waals surface area contributed by atoms with E-state index in [-0.39, 0.29) is 0 Å². The average molecular weight is 292 g/mol. The zero-order valence-corrected chi connectivity index (χ0v) is 13.7. The number of benzene rings is 1. The predicted molar refractivity (Wildman–Crippen MR) is 85.6 cm³/mol. The molecule has 0 aromatic heterocycles. The quantitative estimate of drug-likeness (QED) is 0.872. The molecule has 4 heteroatoms. The van der Waals surface area contributed by atoms with E-state index in [2.05, 4.69) is 30.0 Å². The van der Waals surface area contributed by atoms with Gasteiger partial charge in [0.15, 0.2) is 0 Å². The zero-order chi connectivity index (χ0) is 15.4. The molecule has 1 saturated heterocycles. The van der Waals surface area contributed by atoms with Gasteiger partial charge in [0.2, 0.25) is 0 Å². The number of rotatable bonds is 6. The highest BCUT2D eigenvalue weighted by Gasteiger charge is 2.22. The lowest BCUT2D eigenvalue weighted by Gasteiger charge is -2.26. The molecule has 1 N–H and O–H groups in total. The Morgan fingerprint density at radius 1 is 1.48 bits per heavy atom. The lowest BCUT2D eigenvalue weighted by Crippen LogP contribution is -2.36. The molecule has 2 rings (SSSR count). The monoisotopic (exact) mass is 292 g/mol. The molecule has 0 aliphatic carbocycles. The van der Waals surface area contributed by atoms with E-state index < -0.39 is 6.10 Å². The van der Waals surface area contributed by atoms with Gasteiger partial charge in [-0.25, -0.2) is 0 Å². The predicted octanol–water partition coefficient (Wildman–Crippen LogP) is 2.27. The smallest absolute Gasteiger partial charge is 0.123 e. The Kier molecular flexibility index (Phi) is 5.62. The molecule has 0 radical (unpaired) electrons. The fourth-order valence-corrected chi connectivity index (χ4v) is 3.11. The lowest BCUT2D eigenvalue weighted by molar-refractivity contribution is 0.198. The molecule has 21 heavy (non-hydrogen) atoms. The van der Waals surface area contributed by atoms with Crippen LogP contribution in [-0.2, 0) is 6.54 Å². The molecular weight excluding hydrogens is 264 g/mol. The van der Waals surface area contributed by atoms with Crippen molar-refractivity contribution in [2.75, 3.05) is 34.3 Å². The van der Waals surface area contributed by atoms with Crippen LogP contribution in [-0.4, -0.2) is 55.2 Å². The molecule has 4 nitrogen and oxygen atoms in total. The van der Waals surface area contributed by atoms with Crippen LogP contribution in [0.25, 0.3) is 0 Å². The van der Waals surface area contributed by atoms with Crippen LogP contribution in [0.2, 0.25) is 0 Å². The molecule has 1 aromatic rings. The van der Waals surface area contributed by atoms with Crippen molar-refractivity contribution in [3.63, 3.8) is 0 Å². The third-order valence-electron chi connectivity index (χ3n) is 4.42. The van der Waals surface area contributed by atoms with Crippen molar-refractivity contribution in [3.8, 4) is 5.75 Å².